The smallest absolute Gasteiger partial charge is 0.329 e. The molecule has 21 heavy (non-hydrogen) atoms. The van der Waals surface area contributed by atoms with Crippen molar-refractivity contribution in [3.63, 3.8) is 0 Å². The fourth-order valence-corrected chi connectivity index (χ4v) is 1.73. The lowest BCUT2D eigenvalue weighted by Crippen LogP contribution is -2.65. The number of urea groups is 1. The van der Waals surface area contributed by atoms with Crippen LogP contribution in [0.25, 0.3) is 0 Å². The maximum atomic E-state index is 12.2. The molecule has 9 heteroatoms. The molecule has 3 N–H and O–H groups in total. The summed E-state index contributed by atoms with van der Waals surface area (Å²) in [6.07, 6.45) is 0. The van der Waals surface area contributed by atoms with Gasteiger partial charge in [0.1, 0.15) is 11.9 Å². The third kappa shape index (κ3) is 4.80. The van der Waals surface area contributed by atoms with Crippen molar-refractivity contribution < 1.29 is 19.1 Å². The normalized spacial score (nSPS) is 19.0. The van der Waals surface area contributed by atoms with Crippen LogP contribution in [-0.4, -0.2) is 79.9 Å². The molecule has 0 saturated carbocycles. The largest absolute Gasteiger partial charge is 0.465 e. The predicted molar refractivity (Wildman–Crippen MR) is 74.9 cm³/mol. The highest BCUT2D eigenvalue weighted by Gasteiger charge is 2.37. The number of rotatable bonds is 7. The Morgan fingerprint density at radius 2 is 2.14 bits per heavy atom. The molecular weight excluding hydrogens is 278 g/mol. The third-order valence-electron chi connectivity index (χ3n) is 2.82. The van der Waals surface area contributed by atoms with E-state index >= 15 is 0 Å². The Morgan fingerprint density at radius 3 is 2.71 bits per heavy atom. The fraction of sp³-hybridized carbons (Fsp3) is 0.667. The monoisotopic (exact) mass is 299 g/mol. The van der Waals surface area contributed by atoms with E-state index < -0.39 is 23.9 Å². The quantitative estimate of drug-likeness (QED) is 0.498. The van der Waals surface area contributed by atoms with Crippen LogP contribution in [0.15, 0.2) is 0 Å². The minimum atomic E-state index is -1.05. The van der Waals surface area contributed by atoms with E-state index in [0.717, 1.165) is 4.90 Å². The van der Waals surface area contributed by atoms with Crippen molar-refractivity contribution in [3.05, 3.63) is 0 Å². The van der Waals surface area contributed by atoms with Crippen LogP contribution in [0, 0.1) is 5.41 Å². The number of amides is 3. The van der Waals surface area contributed by atoms with Gasteiger partial charge < -0.3 is 9.64 Å². The number of nitrogens with zero attached hydrogens (tertiary/aromatic N) is 2. The second-order valence-corrected chi connectivity index (χ2v) is 4.76. The van der Waals surface area contributed by atoms with Gasteiger partial charge in [0.25, 0.3) is 5.91 Å². The van der Waals surface area contributed by atoms with Crippen LogP contribution in [0.3, 0.4) is 0 Å². The maximum absolute atomic E-state index is 12.2. The molecule has 1 rings (SSSR count). The number of hydrogen-bond donors (Lipinski definition) is 3. The highest BCUT2D eigenvalue weighted by Crippen LogP contribution is 2.04. The van der Waals surface area contributed by atoms with Crippen LogP contribution in [-0.2, 0) is 14.3 Å². The Labute approximate surface area is 123 Å². The summed E-state index contributed by atoms with van der Waals surface area (Å²) in [4.78, 5) is 38.1. The van der Waals surface area contributed by atoms with Crippen molar-refractivity contribution in [2.24, 2.45) is 0 Å². The van der Waals surface area contributed by atoms with Gasteiger partial charge >= 0.3 is 12.0 Å². The molecule has 0 aromatic rings. The molecule has 3 amide bonds. The van der Waals surface area contributed by atoms with E-state index in [1.807, 2.05) is 19.0 Å². The summed E-state index contributed by atoms with van der Waals surface area (Å²) in [5, 5.41) is 12.6. The van der Waals surface area contributed by atoms with Crippen LogP contribution >= 0.6 is 0 Å². The summed E-state index contributed by atoms with van der Waals surface area (Å²) in [6.45, 7) is 2.43. The molecule has 9 nitrogen and oxygen atoms in total. The number of carbonyl (C=O) groups excluding carboxylic acids is 3. The van der Waals surface area contributed by atoms with E-state index in [2.05, 4.69) is 10.6 Å². The van der Waals surface area contributed by atoms with Gasteiger partial charge in [-0.2, -0.15) is 0 Å². The molecule has 118 valence electrons. The van der Waals surface area contributed by atoms with Crippen LogP contribution < -0.4 is 10.6 Å². The van der Waals surface area contributed by atoms with Gasteiger partial charge in [-0.3, -0.25) is 30.5 Å². The molecule has 1 saturated heterocycles. The lowest BCUT2D eigenvalue weighted by molar-refractivity contribution is -0.142. The number of esters is 1. The van der Waals surface area contributed by atoms with Crippen LogP contribution in [0.5, 0.6) is 0 Å². The highest BCUT2D eigenvalue weighted by atomic mass is 16.5. The lowest BCUT2D eigenvalue weighted by atomic mass is 10.2. The SMILES string of the molecule is CCOC(=O)CNC1C(=N)NC(=O)N(CCN(C)C)C1=O. The highest BCUT2D eigenvalue weighted by molar-refractivity contribution is 6.19. The molecule has 0 spiro atoms. The summed E-state index contributed by atoms with van der Waals surface area (Å²) < 4.78 is 4.74. The predicted octanol–water partition coefficient (Wildman–Crippen LogP) is -1.40. The minimum absolute atomic E-state index is 0.204. The molecule has 1 aliphatic rings. The van der Waals surface area contributed by atoms with E-state index in [9.17, 15) is 14.4 Å². The van der Waals surface area contributed by atoms with Crippen molar-refractivity contribution >= 4 is 23.7 Å². The molecule has 1 unspecified atom stereocenters. The van der Waals surface area contributed by atoms with Gasteiger partial charge in [0.15, 0.2) is 0 Å². The number of nitrogens with one attached hydrogen (secondary N) is 3. The van der Waals surface area contributed by atoms with E-state index in [1.165, 1.54) is 0 Å². The molecule has 1 atom stereocenters. The third-order valence-corrected chi connectivity index (χ3v) is 2.82. The Morgan fingerprint density at radius 1 is 1.48 bits per heavy atom. The summed E-state index contributed by atoms with van der Waals surface area (Å²) in [5.74, 6) is -1.33. The number of hydrogen-bond acceptors (Lipinski definition) is 7. The average Bonchev–Trinajstić information content (AvgIpc) is 2.37. The number of imide groups is 1. The Bertz CT molecular complexity index is 437. The van der Waals surface area contributed by atoms with Gasteiger partial charge in [-0.1, -0.05) is 0 Å². The molecule has 1 heterocycles. The summed E-state index contributed by atoms with van der Waals surface area (Å²) in [5.41, 5.74) is 0. The molecule has 0 bridgehead atoms. The lowest BCUT2D eigenvalue weighted by Gasteiger charge is -2.32. The Hall–Kier alpha value is -2.00. The van der Waals surface area contributed by atoms with Crippen molar-refractivity contribution in [2.45, 2.75) is 13.0 Å². The number of ether oxygens (including phenoxy) is 1. The molecule has 0 aromatic heterocycles. The minimum Gasteiger partial charge on any atom is -0.465 e. The first-order valence-corrected chi connectivity index (χ1v) is 6.61. The molecule has 0 radical (unpaired) electrons. The Kier molecular flexibility index (Phi) is 6.25. The van der Waals surface area contributed by atoms with Crippen molar-refractivity contribution in [2.75, 3.05) is 40.3 Å². The summed E-state index contributed by atoms with van der Waals surface area (Å²) >= 11 is 0. The van der Waals surface area contributed by atoms with Gasteiger partial charge in [0.2, 0.25) is 0 Å². The zero-order valence-corrected chi connectivity index (χ0v) is 12.4. The Balaban J connectivity index is 2.65. The van der Waals surface area contributed by atoms with Crippen LogP contribution in [0.1, 0.15) is 6.92 Å². The standard InChI is InChI=1S/C12H21N5O4/c1-4-21-8(18)7-14-9-10(13)15-12(20)17(11(9)19)6-5-16(2)3/h9,14H,4-7H2,1-3H3,(H2,13,15,20). The maximum Gasteiger partial charge on any atom is 0.329 e. The first kappa shape index (κ1) is 17.1. The van der Waals surface area contributed by atoms with E-state index in [4.69, 9.17) is 10.1 Å². The molecule has 1 fully saturated rings. The van der Waals surface area contributed by atoms with Crippen molar-refractivity contribution in [1.29, 1.82) is 5.41 Å². The van der Waals surface area contributed by atoms with Gasteiger partial charge in [-0.25, -0.2) is 4.79 Å². The van der Waals surface area contributed by atoms with E-state index in [-0.39, 0.29) is 25.5 Å². The van der Waals surface area contributed by atoms with Gasteiger partial charge in [0.05, 0.1) is 13.2 Å². The second-order valence-electron chi connectivity index (χ2n) is 4.76. The topological polar surface area (TPSA) is 115 Å². The molecule has 1 aliphatic heterocycles. The van der Waals surface area contributed by atoms with Crippen molar-refractivity contribution in [3.8, 4) is 0 Å². The first-order valence-electron chi connectivity index (χ1n) is 6.61. The average molecular weight is 299 g/mol. The van der Waals surface area contributed by atoms with Gasteiger partial charge in [0, 0.05) is 13.1 Å². The number of likely N-dealkylation sites (N-methyl/N-ethyl adjacent to an activating group) is 1. The number of carbonyl (C=O) groups is 3. The van der Waals surface area contributed by atoms with Crippen LogP contribution in [0.2, 0.25) is 0 Å². The first-order chi connectivity index (χ1) is 9.86. The van der Waals surface area contributed by atoms with Gasteiger partial charge in [-0.05, 0) is 21.0 Å². The second kappa shape index (κ2) is 7.70. The molecular formula is C12H21N5O4. The molecule has 0 aliphatic carbocycles. The van der Waals surface area contributed by atoms with E-state index in [1.54, 1.807) is 6.92 Å². The van der Waals surface area contributed by atoms with Crippen molar-refractivity contribution in [1.82, 2.24) is 20.4 Å². The zero-order chi connectivity index (χ0) is 16.0. The van der Waals surface area contributed by atoms with E-state index in [0.29, 0.717) is 6.54 Å². The van der Waals surface area contributed by atoms with Gasteiger partial charge in [-0.15, -0.1) is 0 Å². The molecule has 0 aromatic carbocycles. The fourth-order valence-electron chi connectivity index (χ4n) is 1.73. The number of amidine groups is 1. The van der Waals surface area contributed by atoms with Crippen LogP contribution in [0.4, 0.5) is 4.79 Å². The summed E-state index contributed by atoms with van der Waals surface area (Å²) in [7, 11) is 3.65. The zero-order valence-electron chi connectivity index (χ0n) is 12.4. The summed E-state index contributed by atoms with van der Waals surface area (Å²) in [6, 6.07) is -1.67.